The molecule has 1 aliphatic carbocycles. The summed E-state index contributed by atoms with van der Waals surface area (Å²) in [6.45, 7) is 4.77. The molecule has 1 aliphatic rings. The lowest BCUT2D eigenvalue weighted by atomic mass is 9.75. The highest BCUT2D eigenvalue weighted by Crippen LogP contribution is 2.34. The van der Waals surface area contributed by atoms with Crippen molar-refractivity contribution in [2.24, 2.45) is 5.41 Å². The van der Waals surface area contributed by atoms with Crippen LogP contribution in [-0.2, 0) is 11.3 Å². The predicted molar refractivity (Wildman–Crippen MR) is 70.8 cm³/mol. The molecule has 18 heavy (non-hydrogen) atoms. The molecule has 1 saturated carbocycles. The topological polar surface area (TPSA) is 72.9 Å². The van der Waals surface area contributed by atoms with Crippen molar-refractivity contribution >= 4 is 11.7 Å². The molecule has 1 heterocycles. The fourth-order valence-corrected chi connectivity index (χ4v) is 2.71. The third-order valence-electron chi connectivity index (χ3n) is 3.54. The van der Waals surface area contributed by atoms with Crippen LogP contribution in [0.25, 0.3) is 0 Å². The molecule has 1 aromatic rings. The highest BCUT2D eigenvalue weighted by molar-refractivity contribution is 5.76. The van der Waals surface area contributed by atoms with Gasteiger partial charge in [0.1, 0.15) is 12.4 Å². The van der Waals surface area contributed by atoms with E-state index in [-0.39, 0.29) is 12.5 Å². The Kier molecular flexibility index (Phi) is 3.59. The van der Waals surface area contributed by atoms with Crippen LogP contribution in [0, 0.1) is 5.41 Å². The summed E-state index contributed by atoms with van der Waals surface area (Å²) >= 11 is 0. The zero-order chi connectivity index (χ0) is 13.2. The number of hydrogen-bond acceptors (Lipinski definition) is 3. The Morgan fingerprint density at radius 3 is 3.06 bits per heavy atom. The second kappa shape index (κ2) is 5.00. The monoisotopic (exact) mass is 250 g/mol. The number of nitrogens with one attached hydrogen (secondary N) is 1. The fraction of sp³-hybridized carbons (Fsp3) is 0.692. The summed E-state index contributed by atoms with van der Waals surface area (Å²) in [4.78, 5) is 11.9. The zero-order valence-electron chi connectivity index (χ0n) is 11.1. The van der Waals surface area contributed by atoms with E-state index in [9.17, 15) is 4.79 Å². The van der Waals surface area contributed by atoms with E-state index in [4.69, 9.17) is 5.73 Å². The van der Waals surface area contributed by atoms with Gasteiger partial charge >= 0.3 is 0 Å². The van der Waals surface area contributed by atoms with Gasteiger partial charge in [0, 0.05) is 12.2 Å². The second-order valence-corrected chi connectivity index (χ2v) is 5.96. The average Bonchev–Trinajstić information content (AvgIpc) is 2.62. The van der Waals surface area contributed by atoms with E-state index in [1.54, 1.807) is 16.9 Å². The summed E-state index contributed by atoms with van der Waals surface area (Å²) in [7, 11) is 0. The number of carbonyl (C=O) groups is 1. The number of nitrogen functional groups attached to an aromatic ring is 1. The molecule has 1 unspecified atom stereocenters. The minimum Gasteiger partial charge on any atom is -0.382 e. The van der Waals surface area contributed by atoms with Crippen molar-refractivity contribution in [3.63, 3.8) is 0 Å². The van der Waals surface area contributed by atoms with Crippen molar-refractivity contribution in [3.8, 4) is 0 Å². The van der Waals surface area contributed by atoms with Crippen LogP contribution in [0.4, 0.5) is 5.82 Å². The lowest BCUT2D eigenvalue weighted by Crippen LogP contribution is -2.42. The summed E-state index contributed by atoms with van der Waals surface area (Å²) in [6.07, 6.45) is 6.29. The molecule has 0 saturated heterocycles. The average molecular weight is 250 g/mol. The number of hydrogen-bond donors (Lipinski definition) is 2. The number of amides is 1. The molecule has 1 aromatic heterocycles. The minimum absolute atomic E-state index is 0.0146. The number of nitrogens with two attached hydrogens (primary N) is 1. The smallest absolute Gasteiger partial charge is 0.241 e. The van der Waals surface area contributed by atoms with Crippen LogP contribution in [0.5, 0.6) is 0 Å². The lowest BCUT2D eigenvalue weighted by Gasteiger charge is -2.35. The van der Waals surface area contributed by atoms with Gasteiger partial charge in [0.25, 0.3) is 0 Å². The third-order valence-corrected chi connectivity index (χ3v) is 3.54. The van der Waals surface area contributed by atoms with E-state index in [0.29, 0.717) is 17.3 Å². The maximum atomic E-state index is 11.9. The molecule has 0 spiro atoms. The molecule has 1 atom stereocenters. The Balaban J connectivity index is 1.84. The summed E-state index contributed by atoms with van der Waals surface area (Å²) in [5.74, 6) is 0.461. The van der Waals surface area contributed by atoms with Crippen molar-refractivity contribution in [1.82, 2.24) is 15.1 Å². The highest BCUT2D eigenvalue weighted by Gasteiger charge is 2.28. The first kappa shape index (κ1) is 12.9. The molecule has 5 heteroatoms. The maximum Gasteiger partial charge on any atom is 0.241 e. The Hall–Kier alpha value is -1.52. The Bertz CT molecular complexity index is 424. The Morgan fingerprint density at radius 1 is 1.67 bits per heavy atom. The van der Waals surface area contributed by atoms with Gasteiger partial charge in [0.2, 0.25) is 5.91 Å². The standard InChI is InChI=1S/C13H22N4O/c1-13(2)6-3-4-10(8-13)15-12(18)9-17-7-5-11(14)16-17/h5,7,10H,3-4,6,8-9H2,1-2H3,(H2,14,16)(H,15,18). The van der Waals surface area contributed by atoms with E-state index >= 15 is 0 Å². The van der Waals surface area contributed by atoms with Crippen molar-refractivity contribution in [1.29, 1.82) is 0 Å². The van der Waals surface area contributed by atoms with Crippen LogP contribution in [0.2, 0.25) is 0 Å². The van der Waals surface area contributed by atoms with Crippen LogP contribution in [-0.4, -0.2) is 21.7 Å². The van der Waals surface area contributed by atoms with Crippen molar-refractivity contribution in [2.75, 3.05) is 5.73 Å². The van der Waals surface area contributed by atoms with E-state index in [1.165, 1.54) is 12.8 Å². The Morgan fingerprint density at radius 2 is 2.44 bits per heavy atom. The maximum absolute atomic E-state index is 11.9. The van der Waals surface area contributed by atoms with E-state index in [0.717, 1.165) is 12.8 Å². The molecule has 100 valence electrons. The lowest BCUT2D eigenvalue weighted by molar-refractivity contribution is -0.123. The van der Waals surface area contributed by atoms with Gasteiger partial charge in [-0.15, -0.1) is 0 Å². The van der Waals surface area contributed by atoms with Crippen LogP contribution < -0.4 is 11.1 Å². The molecule has 0 bridgehead atoms. The molecule has 0 aromatic carbocycles. The van der Waals surface area contributed by atoms with Crippen LogP contribution >= 0.6 is 0 Å². The number of nitrogens with zero attached hydrogens (tertiary/aromatic N) is 2. The van der Waals surface area contributed by atoms with Crippen molar-refractivity contribution in [2.45, 2.75) is 52.1 Å². The molecule has 3 N–H and O–H groups in total. The molecular weight excluding hydrogens is 228 g/mol. The van der Waals surface area contributed by atoms with Crippen LogP contribution in [0.1, 0.15) is 39.5 Å². The van der Waals surface area contributed by atoms with Gasteiger partial charge in [-0.2, -0.15) is 5.10 Å². The van der Waals surface area contributed by atoms with Gasteiger partial charge in [0.15, 0.2) is 0 Å². The largest absolute Gasteiger partial charge is 0.382 e. The summed E-state index contributed by atoms with van der Waals surface area (Å²) in [6, 6.07) is 1.99. The number of rotatable bonds is 3. The number of aromatic nitrogens is 2. The van der Waals surface area contributed by atoms with Gasteiger partial charge in [-0.1, -0.05) is 20.3 Å². The molecule has 0 radical (unpaired) electrons. The normalized spacial score (nSPS) is 22.7. The van der Waals surface area contributed by atoms with Crippen LogP contribution in [0.3, 0.4) is 0 Å². The van der Waals surface area contributed by atoms with E-state index in [2.05, 4.69) is 24.3 Å². The van der Waals surface area contributed by atoms with E-state index < -0.39 is 0 Å². The van der Waals surface area contributed by atoms with Crippen molar-refractivity contribution in [3.05, 3.63) is 12.3 Å². The minimum atomic E-state index is 0.0146. The summed E-state index contributed by atoms with van der Waals surface area (Å²) < 4.78 is 1.57. The molecular formula is C13H22N4O. The van der Waals surface area contributed by atoms with Gasteiger partial charge in [-0.3, -0.25) is 9.48 Å². The summed E-state index contributed by atoms with van der Waals surface area (Å²) in [5, 5.41) is 7.10. The number of carbonyl (C=O) groups excluding carboxylic acids is 1. The molecule has 5 nitrogen and oxygen atoms in total. The van der Waals surface area contributed by atoms with Gasteiger partial charge < -0.3 is 11.1 Å². The first-order valence-electron chi connectivity index (χ1n) is 6.53. The molecule has 1 amide bonds. The molecule has 0 aliphatic heterocycles. The Labute approximate surface area is 108 Å². The first-order chi connectivity index (χ1) is 8.44. The zero-order valence-corrected chi connectivity index (χ0v) is 11.1. The highest BCUT2D eigenvalue weighted by atomic mass is 16.2. The number of anilines is 1. The van der Waals surface area contributed by atoms with Crippen LogP contribution in [0.15, 0.2) is 12.3 Å². The third kappa shape index (κ3) is 3.48. The predicted octanol–water partition coefficient (Wildman–Crippen LogP) is 1.55. The first-order valence-corrected chi connectivity index (χ1v) is 6.53. The van der Waals surface area contributed by atoms with Crippen molar-refractivity contribution < 1.29 is 4.79 Å². The quantitative estimate of drug-likeness (QED) is 0.855. The summed E-state index contributed by atoms with van der Waals surface area (Å²) in [5.41, 5.74) is 5.85. The van der Waals surface area contributed by atoms with E-state index in [1.807, 2.05) is 0 Å². The second-order valence-electron chi connectivity index (χ2n) is 5.96. The molecule has 1 fully saturated rings. The fourth-order valence-electron chi connectivity index (χ4n) is 2.71. The van der Waals surface area contributed by atoms with Gasteiger partial charge in [-0.05, 0) is 30.7 Å². The van der Waals surface area contributed by atoms with Gasteiger partial charge in [0.05, 0.1) is 0 Å². The molecule has 2 rings (SSSR count). The van der Waals surface area contributed by atoms with Gasteiger partial charge in [-0.25, -0.2) is 0 Å². The SMILES string of the molecule is CC1(C)CCCC(NC(=O)Cn2ccc(N)n2)C1.